The molecule has 0 heterocycles. The van der Waals surface area contributed by atoms with Crippen LogP contribution in [0.25, 0.3) is 0 Å². The van der Waals surface area contributed by atoms with Crippen molar-refractivity contribution in [1.82, 2.24) is 0 Å². The van der Waals surface area contributed by atoms with Gasteiger partial charge in [0.05, 0.1) is 0 Å². The van der Waals surface area contributed by atoms with Crippen LogP contribution < -0.4 is 5.73 Å². The number of hydrogen-bond acceptors (Lipinski definition) is 1. The van der Waals surface area contributed by atoms with Crippen LogP contribution in [0.4, 0.5) is 5.69 Å². The van der Waals surface area contributed by atoms with Crippen LogP contribution in [0.2, 0.25) is 0 Å². The zero-order valence-corrected chi connectivity index (χ0v) is 5.44. The summed E-state index contributed by atoms with van der Waals surface area (Å²) in [7, 11) is 0. The van der Waals surface area contributed by atoms with Gasteiger partial charge in [-0.1, -0.05) is 6.07 Å². The van der Waals surface area contributed by atoms with Gasteiger partial charge < -0.3 is 5.73 Å². The monoisotopic (exact) mass is 119 g/mol. The maximum absolute atomic E-state index is 5.67. The molecule has 0 atom stereocenters. The largest absolute Gasteiger partial charge is 0.398 e. The van der Waals surface area contributed by atoms with E-state index in [9.17, 15) is 0 Å². The van der Waals surface area contributed by atoms with Crippen molar-refractivity contribution in [2.24, 2.45) is 0 Å². The number of hydrogen-bond donors (Lipinski definition) is 1. The number of benzene rings is 1. The van der Waals surface area contributed by atoms with Crippen molar-refractivity contribution in [2.75, 3.05) is 5.73 Å². The Morgan fingerprint density at radius 1 is 1.44 bits per heavy atom. The van der Waals surface area contributed by atoms with Crippen molar-refractivity contribution in [2.45, 2.75) is 13.3 Å². The van der Waals surface area contributed by atoms with E-state index >= 15 is 0 Å². The first-order valence-corrected chi connectivity index (χ1v) is 3.15. The van der Waals surface area contributed by atoms with Crippen LogP contribution in [-0.2, 0) is 6.42 Å². The molecule has 46 valence electrons. The number of fused-ring (bicyclic) bond motifs is 1. The molecule has 0 aromatic heterocycles. The zero-order chi connectivity index (χ0) is 6.43. The highest BCUT2D eigenvalue weighted by Crippen LogP contribution is 2.34. The molecule has 1 aromatic rings. The molecule has 1 nitrogen and oxygen atoms in total. The molecule has 2 N–H and O–H groups in total. The Balaban J connectivity index is 2.67. The highest BCUT2D eigenvalue weighted by atomic mass is 14.6. The molecule has 1 heteroatoms. The third-order valence-electron chi connectivity index (χ3n) is 1.76. The van der Waals surface area contributed by atoms with Gasteiger partial charge in [0.25, 0.3) is 0 Å². The average molecular weight is 119 g/mol. The van der Waals surface area contributed by atoms with Crippen LogP contribution in [0, 0.1) is 6.92 Å². The summed E-state index contributed by atoms with van der Waals surface area (Å²) in [6, 6.07) is 4.23. The summed E-state index contributed by atoms with van der Waals surface area (Å²) in [6.45, 7) is 2.08. The Hall–Kier alpha value is -0.980. The molecule has 0 aliphatic heterocycles. The third kappa shape index (κ3) is 0.611. The van der Waals surface area contributed by atoms with Crippen molar-refractivity contribution in [3.05, 3.63) is 28.8 Å². The van der Waals surface area contributed by atoms with E-state index in [1.54, 1.807) is 0 Å². The van der Waals surface area contributed by atoms with E-state index in [0.717, 1.165) is 12.1 Å². The van der Waals surface area contributed by atoms with Crippen LogP contribution in [0.5, 0.6) is 0 Å². The lowest BCUT2D eigenvalue weighted by Crippen LogP contribution is -1.83. The molecule has 0 saturated carbocycles. The van der Waals surface area contributed by atoms with Crippen molar-refractivity contribution < 1.29 is 0 Å². The maximum atomic E-state index is 5.67. The SMILES string of the molecule is Cc1cc(N)c2c(c1)C2. The summed E-state index contributed by atoms with van der Waals surface area (Å²) in [5.74, 6) is 0. The zero-order valence-electron chi connectivity index (χ0n) is 5.44. The van der Waals surface area contributed by atoms with Crippen LogP contribution in [-0.4, -0.2) is 0 Å². The summed E-state index contributed by atoms with van der Waals surface area (Å²) >= 11 is 0. The third-order valence-corrected chi connectivity index (χ3v) is 1.76. The molecule has 1 aliphatic rings. The van der Waals surface area contributed by atoms with Gasteiger partial charge in [0.15, 0.2) is 0 Å². The minimum absolute atomic E-state index is 0.977. The predicted octanol–water partition coefficient (Wildman–Crippen LogP) is 1.48. The number of rotatable bonds is 0. The van der Waals surface area contributed by atoms with Crippen molar-refractivity contribution >= 4 is 5.69 Å². The molecule has 0 radical (unpaired) electrons. The van der Waals surface area contributed by atoms with Gasteiger partial charge in [-0.05, 0) is 29.7 Å². The van der Waals surface area contributed by atoms with Crippen LogP contribution in [0.15, 0.2) is 12.1 Å². The van der Waals surface area contributed by atoms with Crippen LogP contribution in [0.3, 0.4) is 0 Å². The van der Waals surface area contributed by atoms with Gasteiger partial charge in [-0.3, -0.25) is 0 Å². The highest BCUT2D eigenvalue weighted by molar-refractivity contribution is 5.63. The lowest BCUT2D eigenvalue weighted by molar-refractivity contribution is 1.48. The van der Waals surface area contributed by atoms with E-state index in [4.69, 9.17) is 5.73 Å². The molecule has 0 amide bonds. The van der Waals surface area contributed by atoms with Gasteiger partial charge in [0.2, 0.25) is 0 Å². The second-order valence-corrected chi connectivity index (χ2v) is 2.67. The van der Waals surface area contributed by atoms with E-state index in [1.807, 2.05) is 6.07 Å². The molecular weight excluding hydrogens is 110 g/mol. The molecular formula is C8H9N. The molecule has 1 aliphatic carbocycles. The minimum Gasteiger partial charge on any atom is -0.398 e. The second-order valence-electron chi connectivity index (χ2n) is 2.67. The number of anilines is 1. The molecule has 0 bridgehead atoms. The van der Waals surface area contributed by atoms with Crippen molar-refractivity contribution in [1.29, 1.82) is 0 Å². The molecule has 9 heavy (non-hydrogen) atoms. The van der Waals surface area contributed by atoms with Crippen molar-refractivity contribution in [3.8, 4) is 0 Å². The number of aryl methyl sites for hydroxylation is 1. The van der Waals surface area contributed by atoms with Gasteiger partial charge >= 0.3 is 0 Å². The molecule has 1 aromatic carbocycles. The summed E-state index contributed by atoms with van der Waals surface area (Å²) in [5.41, 5.74) is 10.7. The fraction of sp³-hybridized carbons (Fsp3) is 0.250. The van der Waals surface area contributed by atoms with E-state index in [-0.39, 0.29) is 0 Å². The minimum atomic E-state index is 0.977. The van der Waals surface area contributed by atoms with E-state index in [2.05, 4.69) is 13.0 Å². The lowest BCUT2D eigenvalue weighted by Gasteiger charge is -1.90. The molecule has 2 rings (SSSR count). The molecule has 0 unspecified atom stereocenters. The Bertz CT molecular complexity index is 263. The van der Waals surface area contributed by atoms with Crippen LogP contribution >= 0.6 is 0 Å². The maximum Gasteiger partial charge on any atom is 0.0355 e. The van der Waals surface area contributed by atoms with Gasteiger partial charge in [-0.15, -0.1) is 0 Å². The Labute approximate surface area is 54.5 Å². The Morgan fingerprint density at radius 3 is 2.89 bits per heavy atom. The smallest absolute Gasteiger partial charge is 0.0355 e. The van der Waals surface area contributed by atoms with Gasteiger partial charge in [0, 0.05) is 12.1 Å². The molecule has 0 spiro atoms. The lowest BCUT2D eigenvalue weighted by atomic mass is 10.2. The first kappa shape index (κ1) is 4.86. The molecule has 0 saturated heterocycles. The number of nitrogens with two attached hydrogens (primary N) is 1. The fourth-order valence-electron chi connectivity index (χ4n) is 1.22. The van der Waals surface area contributed by atoms with E-state index in [0.29, 0.717) is 0 Å². The quantitative estimate of drug-likeness (QED) is 0.522. The Kier molecular flexibility index (Phi) is 0.699. The normalized spacial score (nSPS) is 13.0. The van der Waals surface area contributed by atoms with Crippen molar-refractivity contribution in [3.63, 3.8) is 0 Å². The summed E-state index contributed by atoms with van der Waals surface area (Å²) in [6.07, 6.45) is 1.12. The standard InChI is InChI=1S/C8H9N/c1-5-2-6-4-7(6)8(9)3-5/h2-3H,4,9H2,1H3. The topological polar surface area (TPSA) is 26.0 Å². The first-order chi connectivity index (χ1) is 4.27. The van der Waals surface area contributed by atoms with Crippen LogP contribution in [0.1, 0.15) is 16.7 Å². The summed E-state index contributed by atoms with van der Waals surface area (Å²) in [5, 5.41) is 0. The predicted molar refractivity (Wildman–Crippen MR) is 38.4 cm³/mol. The highest BCUT2D eigenvalue weighted by Gasteiger charge is 2.19. The van der Waals surface area contributed by atoms with Gasteiger partial charge in [-0.25, -0.2) is 0 Å². The molecule has 0 fully saturated rings. The van der Waals surface area contributed by atoms with Gasteiger partial charge in [-0.2, -0.15) is 0 Å². The fourth-order valence-corrected chi connectivity index (χ4v) is 1.22. The average Bonchev–Trinajstić information content (AvgIpc) is 2.43. The van der Waals surface area contributed by atoms with Gasteiger partial charge in [0.1, 0.15) is 0 Å². The second kappa shape index (κ2) is 1.29. The number of nitrogen functional groups attached to an aromatic ring is 1. The van der Waals surface area contributed by atoms with E-state index < -0.39 is 0 Å². The summed E-state index contributed by atoms with van der Waals surface area (Å²) in [4.78, 5) is 0. The Morgan fingerprint density at radius 2 is 2.22 bits per heavy atom. The summed E-state index contributed by atoms with van der Waals surface area (Å²) < 4.78 is 0. The first-order valence-electron chi connectivity index (χ1n) is 3.15. The van der Waals surface area contributed by atoms with E-state index in [1.165, 1.54) is 16.7 Å².